The largest absolute Gasteiger partial charge is 0.435 e. The van der Waals surface area contributed by atoms with Crippen molar-refractivity contribution in [2.24, 2.45) is 0 Å². The SMILES string of the molecule is N#Cc1cc(C=O)cc2nc(-c3cccc(-c4cccc5c4CCN5c4nc(C(F)F)nc5cc(CN6CC[C@@H](O)C6)cnc45)c3Cl)oc12. The standard InChI is InChI=1S/C36H26ClF2N7O3/c37-30-25(4-1-5-26(30)36-43-28-12-19(18-47)11-21(14-40)32(28)49-36)23-3-2-6-29-24(23)8-10-46(29)35-31-27(42-34(44-35)33(38)39)13-20(15-41-31)16-45-9-7-22(48)17-45/h1-6,11-13,15,18,22,33,48H,7-10,16-17H2/t22-/m1/s1. The van der Waals surface area contributed by atoms with E-state index in [1.165, 1.54) is 6.07 Å². The van der Waals surface area contributed by atoms with Crippen LogP contribution in [0.1, 0.15) is 45.7 Å². The normalized spacial score (nSPS) is 16.2. The first-order valence-electron chi connectivity index (χ1n) is 15.6. The van der Waals surface area contributed by atoms with Crippen molar-refractivity contribution in [3.8, 4) is 28.7 Å². The molecule has 6 aromatic rings. The highest BCUT2D eigenvalue weighted by Gasteiger charge is 2.29. The van der Waals surface area contributed by atoms with E-state index in [4.69, 9.17) is 16.0 Å². The fourth-order valence-corrected chi connectivity index (χ4v) is 7.09. The second kappa shape index (κ2) is 12.3. The topological polar surface area (TPSA) is 132 Å². The highest BCUT2D eigenvalue weighted by atomic mass is 35.5. The molecule has 1 atom stereocenters. The molecule has 0 saturated carbocycles. The van der Waals surface area contributed by atoms with Crippen LogP contribution < -0.4 is 4.90 Å². The van der Waals surface area contributed by atoms with Gasteiger partial charge in [-0.05, 0) is 59.9 Å². The molecule has 0 aliphatic carbocycles. The Morgan fingerprint density at radius 1 is 1.06 bits per heavy atom. The lowest BCUT2D eigenvalue weighted by molar-refractivity contribution is 0.112. The number of halogens is 3. The number of alkyl halides is 2. The minimum Gasteiger partial charge on any atom is -0.435 e. The zero-order chi connectivity index (χ0) is 33.8. The number of rotatable bonds is 7. The van der Waals surface area contributed by atoms with Gasteiger partial charge in [0.15, 0.2) is 17.2 Å². The number of fused-ring (bicyclic) bond motifs is 3. The molecule has 3 aromatic carbocycles. The van der Waals surface area contributed by atoms with Gasteiger partial charge in [0.05, 0.1) is 27.8 Å². The molecule has 10 nitrogen and oxygen atoms in total. The third-order valence-electron chi connectivity index (χ3n) is 9.01. The van der Waals surface area contributed by atoms with Gasteiger partial charge in [-0.15, -0.1) is 0 Å². The predicted molar refractivity (Wildman–Crippen MR) is 179 cm³/mol. The molecule has 0 amide bonds. The summed E-state index contributed by atoms with van der Waals surface area (Å²) in [6.07, 6.45) is 0.388. The fraction of sp³-hybridized carbons (Fsp3) is 0.222. The highest BCUT2D eigenvalue weighted by molar-refractivity contribution is 6.36. The van der Waals surface area contributed by atoms with Gasteiger partial charge in [-0.3, -0.25) is 14.7 Å². The number of hydrogen-bond donors (Lipinski definition) is 1. The Balaban J connectivity index is 1.18. The molecular formula is C36H26ClF2N7O3. The number of carbonyl (C=O) groups excluding carboxylic acids is 1. The van der Waals surface area contributed by atoms with Crippen molar-refractivity contribution in [3.63, 3.8) is 0 Å². The van der Waals surface area contributed by atoms with Gasteiger partial charge < -0.3 is 14.4 Å². The Morgan fingerprint density at radius 2 is 1.88 bits per heavy atom. The van der Waals surface area contributed by atoms with Crippen molar-refractivity contribution in [2.45, 2.75) is 31.9 Å². The number of nitriles is 1. The van der Waals surface area contributed by atoms with Crippen molar-refractivity contribution >= 4 is 51.5 Å². The van der Waals surface area contributed by atoms with Crippen LogP contribution in [-0.4, -0.2) is 62.0 Å². The third-order valence-corrected chi connectivity index (χ3v) is 9.42. The van der Waals surface area contributed by atoms with Crippen LogP contribution in [0.3, 0.4) is 0 Å². The van der Waals surface area contributed by atoms with E-state index in [2.05, 4.69) is 30.9 Å². The number of aliphatic hydroxyl groups excluding tert-OH is 1. The number of aldehydes is 1. The van der Waals surface area contributed by atoms with E-state index in [1.54, 1.807) is 24.4 Å². The van der Waals surface area contributed by atoms with Crippen LogP contribution in [0.2, 0.25) is 5.02 Å². The van der Waals surface area contributed by atoms with Gasteiger partial charge in [-0.1, -0.05) is 35.9 Å². The van der Waals surface area contributed by atoms with Gasteiger partial charge in [0.1, 0.15) is 23.4 Å². The third kappa shape index (κ3) is 5.46. The Kier molecular flexibility index (Phi) is 7.75. The number of pyridine rings is 1. The van der Waals surface area contributed by atoms with E-state index in [-0.39, 0.29) is 23.1 Å². The van der Waals surface area contributed by atoms with Crippen molar-refractivity contribution in [3.05, 3.63) is 93.9 Å². The highest BCUT2D eigenvalue weighted by Crippen LogP contribution is 2.45. The minimum absolute atomic E-state index is 0.191. The number of aliphatic hydroxyl groups is 1. The van der Waals surface area contributed by atoms with Gasteiger partial charge in [0, 0.05) is 49.2 Å². The molecule has 8 rings (SSSR count). The second-order valence-electron chi connectivity index (χ2n) is 12.1. The van der Waals surface area contributed by atoms with E-state index in [9.17, 15) is 23.9 Å². The smallest absolute Gasteiger partial charge is 0.297 e. The monoisotopic (exact) mass is 677 g/mol. The van der Waals surface area contributed by atoms with Crippen LogP contribution in [-0.2, 0) is 13.0 Å². The molecule has 13 heteroatoms. The van der Waals surface area contributed by atoms with E-state index >= 15 is 0 Å². The van der Waals surface area contributed by atoms with Gasteiger partial charge in [0.2, 0.25) is 5.89 Å². The summed E-state index contributed by atoms with van der Waals surface area (Å²) in [5.74, 6) is -0.0702. The number of likely N-dealkylation sites (tertiary alicyclic amines) is 1. The Morgan fingerprint density at radius 3 is 2.65 bits per heavy atom. The van der Waals surface area contributed by atoms with Crippen molar-refractivity contribution in [1.29, 1.82) is 5.26 Å². The molecule has 49 heavy (non-hydrogen) atoms. The molecule has 2 aliphatic rings. The van der Waals surface area contributed by atoms with E-state index in [0.717, 1.165) is 28.9 Å². The summed E-state index contributed by atoms with van der Waals surface area (Å²) in [6.45, 7) is 2.29. The molecule has 0 bridgehead atoms. The van der Waals surface area contributed by atoms with Crippen LogP contribution in [0.25, 0.3) is 44.7 Å². The maximum Gasteiger partial charge on any atom is 0.297 e. The number of β-amino-alcohol motifs (C(OH)–C–C–N with tert-alkyl or cyclic N) is 1. The first-order chi connectivity index (χ1) is 23.8. The lowest BCUT2D eigenvalue weighted by Crippen LogP contribution is -2.21. The van der Waals surface area contributed by atoms with Gasteiger partial charge in [0.25, 0.3) is 6.43 Å². The summed E-state index contributed by atoms with van der Waals surface area (Å²) < 4.78 is 34.3. The van der Waals surface area contributed by atoms with Crippen LogP contribution >= 0.6 is 11.6 Å². The quantitative estimate of drug-likeness (QED) is 0.176. The number of benzene rings is 3. The Bertz CT molecular complexity index is 2340. The van der Waals surface area contributed by atoms with Gasteiger partial charge >= 0.3 is 0 Å². The molecular weight excluding hydrogens is 652 g/mol. The van der Waals surface area contributed by atoms with Gasteiger partial charge in [-0.2, -0.15) is 5.26 Å². The minimum atomic E-state index is -2.88. The average Bonchev–Trinajstić information content (AvgIpc) is 3.85. The number of nitrogens with zero attached hydrogens (tertiary/aromatic N) is 7. The average molecular weight is 678 g/mol. The van der Waals surface area contributed by atoms with E-state index in [0.29, 0.717) is 82.8 Å². The molecule has 1 saturated heterocycles. The zero-order valence-electron chi connectivity index (χ0n) is 25.8. The molecule has 5 heterocycles. The summed E-state index contributed by atoms with van der Waals surface area (Å²) in [7, 11) is 0. The lowest BCUT2D eigenvalue weighted by Gasteiger charge is -2.21. The molecule has 244 valence electrons. The van der Waals surface area contributed by atoms with Crippen LogP contribution in [0.5, 0.6) is 0 Å². The summed E-state index contributed by atoms with van der Waals surface area (Å²) in [5.41, 5.74) is 6.50. The molecule has 0 spiro atoms. The maximum absolute atomic E-state index is 14.1. The van der Waals surface area contributed by atoms with E-state index in [1.807, 2.05) is 35.2 Å². The lowest BCUT2D eigenvalue weighted by atomic mass is 9.96. The maximum atomic E-state index is 14.1. The van der Waals surface area contributed by atoms with Crippen molar-refractivity contribution < 1.29 is 23.1 Å². The summed E-state index contributed by atoms with van der Waals surface area (Å²) in [6, 6.07) is 18.0. The second-order valence-corrected chi connectivity index (χ2v) is 12.5. The molecule has 1 N–H and O–H groups in total. The zero-order valence-corrected chi connectivity index (χ0v) is 26.5. The van der Waals surface area contributed by atoms with E-state index < -0.39 is 12.2 Å². The van der Waals surface area contributed by atoms with Crippen LogP contribution in [0, 0.1) is 11.3 Å². The van der Waals surface area contributed by atoms with Crippen LogP contribution in [0.4, 0.5) is 20.3 Å². The fourth-order valence-electron chi connectivity index (χ4n) is 6.78. The number of carbonyl (C=O) groups is 1. The van der Waals surface area contributed by atoms with Crippen LogP contribution in [0.15, 0.2) is 65.2 Å². The number of anilines is 2. The first-order valence-corrected chi connectivity index (χ1v) is 16.0. The molecule has 3 aromatic heterocycles. The summed E-state index contributed by atoms with van der Waals surface area (Å²) in [5, 5.41) is 19.9. The molecule has 0 radical (unpaired) electrons. The first kappa shape index (κ1) is 31.0. The number of aromatic nitrogens is 4. The van der Waals surface area contributed by atoms with Crippen molar-refractivity contribution in [1.82, 2.24) is 24.8 Å². The molecule has 2 aliphatic heterocycles. The number of hydrogen-bond acceptors (Lipinski definition) is 10. The Hall–Kier alpha value is -5.35. The Labute approximate surface area is 283 Å². The molecule has 1 fully saturated rings. The number of oxazole rings is 1. The molecule has 0 unspecified atom stereocenters. The van der Waals surface area contributed by atoms with Crippen molar-refractivity contribution in [2.75, 3.05) is 24.5 Å². The summed E-state index contributed by atoms with van der Waals surface area (Å²) >= 11 is 7.04. The summed E-state index contributed by atoms with van der Waals surface area (Å²) in [4.78, 5) is 33.1. The van der Waals surface area contributed by atoms with Gasteiger partial charge in [-0.25, -0.2) is 23.7 Å². The predicted octanol–water partition coefficient (Wildman–Crippen LogP) is 7.04.